The van der Waals surface area contributed by atoms with E-state index in [9.17, 15) is 15.0 Å². The lowest BCUT2D eigenvalue weighted by Crippen LogP contribution is -2.36. The molecule has 1 aliphatic heterocycles. The van der Waals surface area contributed by atoms with Gasteiger partial charge in [-0.05, 0) is 12.8 Å². The molecule has 0 radical (unpaired) electrons. The Morgan fingerprint density at radius 3 is 2.82 bits per heavy atom. The van der Waals surface area contributed by atoms with E-state index in [4.69, 9.17) is 14.2 Å². The van der Waals surface area contributed by atoms with Crippen LogP contribution in [0.5, 0.6) is 0 Å². The lowest BCUT2D eigenvalue weighted by molar-refractivity contribution is -0.151. The molecule has 1 aliphatic rings. The highest BCUT2D eigenvalue weighted by molar-refractivity contribution is 5.75. The molecule has 2 unspecified atom stereocenters. The molecule has 0 saturated carbocycles. The zero-order valence-corrected chi connectivity index (χ0v) is 10.1. The highest BCUT2D eigenvalue weighted by Crippen LogP contribution is 2.34. The predicted molar refractivity (Wildman–Crippen MR) is 58.8 cm³/mol. The summed E-state index contributed by atoms with van der Waals surface area (Å²) in [6, 6.07) is 0. The SMILES string of the molecule is COCCOCC(O)CC1(C(=O)O)CCOC1. The van der Waals surface area contributed by atoms with Crippen molar-refractivity contribution in [1.29, 1.82) is 0 Å². The number of hydrogen-bond acceptors (Lipinski definition) is 5. The number of aliphatic hydroxyl groups excluding tert-OH is 1. The molecule has 0 bridgehead atoms. The van der Waals surface area contributed by atoms with Crippen LogP contribution in [0, 0.1) is 5.41 Å². The molecule has 1 heterocycles. The van der Waals surface area contributed by atoms with E-state index < -0.39 is 17.5 Å². The van der Waals surface area contributed by atoms with Gasteiger partial charge in [-0.25, -0.2) is 0 Å². The zero-order valence-electron chi connectivity index (χ0n) is 10.1. The van der Waals surface area contributed by atoms with Gasteiger partial charge >= 0.3 is 5.97 Å². The Morgan fingerprint density at radius 2 is 2.29 bits per heavy atom. The Balaban J connectivity index is 2.32. The molecule has 1 rings (SSSR count). The quantitative estimate of drug-likeness (QED) is 0.583. The lowest BCUT2D eigenvalue weighted by Gasteiger charge is -2.24. The van der Waals surface area contributed by atoms with Crippen LogP contribution in [0.3, 0.4) is 0 Å². The molecule has 1 fully saturated rings. The normalized spacial score (nSPS) is 26.0. The smallest absolute Gasteiger partial charge is 0.312 e. The van der Waals surface area contributed by atoms with Crippen LogP contribution >= 0.6 is 0 Å². The molecule has 0 aromatic rings. The van der Waals surface area contributed by atoms with Crippen molar-refractivity contribution in [2.75, 3.05) is 40.1 Å². The number of carbonyl (C=O) groups is 1. The Labute approximate surface area is 100 Å². The molecule has 17 heavy (non-hydrogen) atoms. The standard InChI is InChI=1S/C11H20O6/c1-15-4-5-16-7-9(12)6-11(10(13)14)2-3-17-8-11/h9,12H,2-8H2,1H3,(H,13,14). The van der Waals surface area contributed by atoms with Crippen LogP contribution in [-0.2, 0) is 19.0 Å². The summed E-state index contributed by atoms with van der Waals surface area (Å²) in [5, 5.41) is 18.9. The molecule has 100 valence electrons. The van der Waals surface area contributed by atoms with E-state index in [2.05, 4.69) is 0 Å². The topological polar surface area (TPSA) is 85.2 Å². The molecular weight excluding hydrogens is 228 g/mol. The van der Waals surface area contributed by atoms with E-state index in [0.29, 0.717) is 26.2 Å². The van der Waals surface area contributed by atoms with Gasteiger partial charge in [0.2, 0.25) is 0 Å². The second kappa shape index (κ2) is 6.90. The van der Waals surface area contributed by atoms with Crippen molar-refractivity contribution in [2.45, 2.75) is 18.9 Å². The number of methoxy groups -OCH3 is 1. The molecular formula is C11H20O6. The van der Waals surface area contributed by atoms with E-state index in [-0.39, 0.29) is 19.6 Å². The van der Waals surface area contributed by atoms with Crippen LogP contribution in [0.15, 0.2) is 0 Å². The van der Waals surface area contributed by atoms with Crippen molar-refractivity contribution in [3.8, 4) is 0 Å². The van der Waals surface area contributed by atoms with E-state index in [1.807, 2.05) is 0 Å². The van der Waals surface area contributed by atoms with Crippen molar-refractivity contribution in [1.82, 2.24) is 0 Å². The maximum atomic E-state index is 11.2. The Hall–Kier alpha value is -0.690. The third-order valence-corrected chi connectivity index (χ3v) is 2.93. The summed E-state index contributed by atoms with van der Waals surface area (Å²) < 4.78 is 15.1. The van der Waals surface area contributed by atoms with Gasteiger partial charge in [-0.15, -0.1) is 0 Å². The second-order valence-corrected chi connectivity index (χ2v) is 4.31. The molecule has 0 aliphatic carbocycles. The summed E-state index contributed by atoms with van der Waals surface area (Å²) in [4.78, 5) is 11.2. The fourth-order valence-electron chi connectivity index (χ4n) is 1.90. The summed E-state index contributed by atoms with van der Waals surface area (Å²) in [7, 11) is 1.56. The number of carboxylic acid groups (broad SMARTS) is 1. The van der Waals surface area contributed by atoms with Gasteiger partial charge in [-0.3, -0.25) is 4.79 Å². The van der Waals surface area contributed by atoms with Gasteiger partial charge in [-0.2, -0.15) is 0 Å². The third-order valence-electron chi connectivity index (χ3n) is 2.93. The van der Waals surface area contributed by atoms with Crippen LogP contribution in [-0.4, -0.2) is 62.4 Å². The first kappa shape index (κ1) is 14.4. The molecule has 1 saturated heterocycles. The van der Waals surface area contributed by atoms with Gasteiger partial charge in [0, 0.05) is 13.7 Å². The van der Waals surface area contributed by atoms with Crippen LogP contribution < -0.4 is 0 Å². The number of carboxylic acids is 1. The first-order valence-corrected chi connectivity index (χ1v) is 5.66. The van der Waals surface area contributed by atoms with Gasteiger partial charge < -0.3 is 24.4 Å². The molecule has 0 aromatic heterocycles. The zero-order chi connectivity index (χ0) is 12.7. The summed E-state index contributed by atoms with van der Waals surface area (Å²) in [6.45, 7) is 1.57. The fourth-order valence-corrected chi connectivity index (χ4v) is 1.90. The molecule has 2 atom stereocenters. The first-order valence-electron chi connectivity index (χ1n) is 5.66. The summed E-state index contributed by atoms with van der Waals surface area (Å²) in [5.41, 5.74) is -0.954. The van der Waals surface area contributed by atoms with E-state index in [1.54, 1.807) is 7.11 Å². The van der Waals surface area contributed by atoms with Crippen molar-refractivity contribution in [3.05, 3.63) is 0 Å². The summed E-state index contributed by atoms with van der Waals surface area (Å²) in [6.07, 6.45) is -0.183. The van der Waals surface area contributed by atoms with Crippen molar-refractivity contribution < 1.29 is 29.2 Å². The number of ether oxygens (including phenoxy) is 3. The lowest BCUT2D eigenvalue weighted by atomic mass is 9.82. The summed E-state index contributed by atoms with van der Waals surface area (Å²) in [5.74, 6) is -0.911. The average molecular weight is 248 g/mol. The molecule has 0 amide bonds. The number of aliphatic carboxylic acids is 1. The summed E-state index contributed by atoms with van der Waals surface area (Å²) >= 11 is 0. The average Bonchev–Trinajstić information content (AvgIpc) is 2.74. The minimum absolute atomic E-state index is 0.123. The first-order chi connectivity index (χ1) is 8.10. The van der Waals surface area contributed by atoms with Gasteiger partial charge in [0.1, 0.15) is 0 Å². The number of aliphatic hydroxyl groups is 1. The molecule has 6 nitrogen and oxygen atoms in total. The Bertz CT molecular complexity index is 236. The van der Waals surface area contributed by atoms with Gasteiger partial charge in [0.25, 0.3) is 0 Å². The molecule has 0 aromatic carbocycles. The largest absolute Gasteiger partial charge is 0.481 e. The molecule has 0 spiro atoms. The van der Waals surface area contributed by atoms with Crippen LogP contribution in [0.1, 0.15) is 12.8 Å². The Morgan fingerprint density at radius 1 is 1.53 bits per heavy atom. The maximum Gasteiger partial charge on any atom is 0.312 e. The van der Waals surface area contributed by atoms with Crippen LogP contribution in [0.25, 0.3) is 0 Å². The van der Waals surface area contributed by atoms with Crippen LogP contribution in [0.2, 0.25) is 0 Å². The maximum absolute atomic E-state index is 11.2. The van der Waals surface area contributed by atoms with Crippen molar-refractivity contribution >= 4 is 5.97 Å². The van der Waals surface area contributed by atoms with E-state index >= 15 is 0 Å². The van der Waals surface area contributed by atoms with E-state index in [0.717, 1.165) is 0 Å². The van der Waals surface area contributed by atoms with Gasteiger partial charge in [0.05, 0.1) is 37.9 Å². The predicted octanol–water partition coefficient (Wildman–Crippen LogP) is -0.108. The van der Waals surface area contributed by atoms with Gasteiger partial charge in [-0.1, -0.05) is 0 Å². The molecule has 6 heteroatoms. The van der Waals surface area contributed by atoms with E-state index in [1.165, 1.54) is 0 Å². The monoisotopic (exact) mass is 248 g/mol. The van der Waals surface area contributed by atoms with Crippen molar-refractivity contribution in [3.63, 3.8) is 0 Å². The third kappa shape index (κ3) is 4.23. The second-order valence-electron chi connectivity index (χ2n) is 4.31. The van der Waals surface area contributed by atoms with Gasteiger partial charge in [0.15, 0.2) is 0 Å². The van der Waals surface area contributed by atoms with Crippen molar-refractivity contribution in [2.24, 2.45) is 5.41 Å². The minimum atomic E-state index is -0.954. The highest BCUT2D eigenvalue weighted by atomic mass is 16.5. The fraction of sp³-hybridized carbons (Fsp3) is 0.909. The Kier molecular flexibility index (Phi) is 5.84. The minimum Gasteiger partial charge on any atom is -0.481 e. The molecule has 2 N–H and O–H groups in total. The van der Waals surface area contributed by atoms with Crippen LogP contribution in [0.4, 0.5) is 0 Å². The number of rotatable bonds is 8. The highest BCUT2D eigenvalue weighted by Gasteiger charge is 2.43. The number of hydrogen-bond donors (Lipinski definition) is 2.